The maximum atomic E-state index is 11.3. The first-order chi connectivity index (χ1) is 9.10. The van der Waals surface area contributed by atoms with Crippen molar-refractivity contribution in [1.82, 2.24) is 0 Å². The largest absolute Gasteiger partial charge is 0.465 e. The maximum Gasteiger partial charge on any atom is 0.337 e. The van der Waals surface area contributed by atoms with Crippen LogP contribution in [0.15, 0.2) is 46.9 Å². The molecular weight excluding hydrogens is 310 g/mol. The molecule has 0 aliphatic carbocycles. The normalized spacial score (nSPS) is 10.0. The average molecular weight is 322 g/mol. The summed E-state index contributed by atoms with van der Waals surface area (Å²) in [4.78, 5) is 11.3. The Morgan fingerprint density at radius 3 is 2.42 bits per heavy atom. The monoisotopic (exact) mass is 321 g/mol. The zero-order chi connectivity index (χ0) is 13.8. The number of halogens is 1. The summed E-state index contributed by atoms with van der Waals surface area (Å²) in [6.45, 7) is 0. The number of hydrogen-bond donors (Lipinski definition) is 1. The summed E-state index contributed by atoms with van der Waals surface area (Å²) in [6, 6.07) is 12.0. The molecule has 0 radical (unpaired) electrons. The van der Waals surface area contributed by atoms with Gasteiger partial charge in [-0.3, -0.25) is 0 Å². The number of nitrogen functional groups attached to an aromatic ring is 1. The van der Waals surface area contributed by atoms with Crippen LogP contribution in [-0.2, 0) is 4.74 Å². The van der Waals surface area contributed by atoms with Gasteiger partial charge in [-0.2, -0.15) is 0 Å². The second-order valence-corrected chi connectivity index (χ2v) is 4.72. The molecule has 0 saturated heterocycles. The fourth-order valence-electron chi connectivity index (χ4n) is 1.52. The van der Waals surface area contributed by atoms with Crippen LogP contribution in [0.5, 0.6) is 11.5 Å². The molecule has 2 N–H and O–H groups in total. The van der Waals surface area contributed by atoms with Gasteiger partial charge in [-0.1, -0.05) is 15.9 Å². The van der Waals surface area contributed by atoms with Crippen LogP contribution in [0.1, 0.15) is 10.4 Å². The number of anilines is 1. The molecular formula is C14H12BrNO3. The van der Waals surface area contributed by atoms with Crippen molar-refractivity contribution in [1.29, 1.82) is 0 Å². The van der Waals surface area contributed by atoms with Gasteiger partial charge in [-0.05, 0) is 42.5 Å². The first-order valence-corrected chi connectivity index (χ1v) is 6.30. The van der Waals surface area contributed by atoms with Crippen molar-refractivity contribution in [2.24, 2.45) is 0 Å². The lowest BCUT2D eigenvalue weighted by molar-refractivity contribution is 0.0600. The smallest absolute Gasteiger partial charge is 0.337 e. The number of methoxy groups -OCH3 is 1. The molecule has 0 spiro atoms. The number of nitrogens with two attached hydrogens (primary N) is 1. The topological polar surface area (TPSA) is 61.5 Å². The minimum absolute atomic E-state index is 0.380. The Labute approximate surface area is 119 Å². The van der Waals surface area contributed by atoms with Gasteiger partial charge in [-0.25, -0.2) is 4.79 Å². The molecule has 0 atom stereocenters. The molecule has 0 fully saturated rings. The zero-order valence-corrected chi connectivity index (χ0v) is 11.8. The minimum Gasteiger partial charge on any atom is -0.465 e. The van der Waals surface area contributed by atoms with E-state index < -0.39 is 0 Å². The zero-order valence-electron chi connectivity index (χ0n) is 10.2. The van der Waals surface area contributed by atoms with Crippen molar-refractivity contribution in [2.75, 3.05) is 12.8 Å². The Morgan fingerprint density at radius 1 is 1.16 bits per heavy atom. The molecule has 2 aromatic rings. The van der Waals surface area contributed by atoms with Gasteiger partial charge in [0.2, 0.25) is 0 Å². The Balaban J connectivity index is 2.17. The number of ether oxygens (including phenoxy) is 2. The summed E-state index contributed by atoms with van der Waals surface area (Å²) in [7, 11) is 1.34. The quantitative estimate of drug-likeness (QED) is 0.693. The molecule has 0 aromatic heterocycles. The predicted molar refractivity (Wildman–Crippen MR) is 76.4 cm³/mol. The molecule has 0 aliphatic heterocycles. The number of rotatable bonds is 3. The van der Waals surface area contributed by atoms with Crippen LogP contribution in [0.2, 0.25) is 0 Å². The summed E-state index contributed by atoms with van der Waals surface area (Å²) < 4.78 is 11.1. The molecule has 2 rings (SSSR count). The number of carbonyl (C=O) groups excluding carboxylic acids is 1. The Hall–Kier alpha value is -2.01. The van der Waals surface area contributed by atoms with Crippen molar-refractivity contribution < 1.29 is 14.3 Å². The minimum atomic E-state index is -0.380. The molecule has 5 heteroatoms. The van der Waals surface area contributed by atoms with Crippen LogP contribution in [0.3, 0.4) is 0 Å². The first-order valence-electron chi connectivity index (χ1n) is 5.51. The van der Waals surface area contributed by atoms with Crippen molar-refractivity contribution in [3.8, 4) is 11.5 Å². The molecule has 0 heterocycles. The van der Waals surface area contributed by atoms with Crippen LogP contribution in [0.25, 0.3) is 0 Å². The van der Waals surface area contributed by atoms with E-state index in [1.54, 1.807) is 36.4 Å². The molecule has 19 heavy (non-hydrogen) atoms. The second kappa shape index (κ2) is 5.75. The fraction of sp³-hybridized carbons (Fsp3) is 0.0714. The van der Waals surface area contributed by atoms with Gasteiger partial charge in [0.25, 0.3) is 0 Å². The number of hydrogen-bond acceptors (Lipinski definition) is 4. The Bertz CT molecular complexity index is 596. The summed E-state index contributed by atoms with van der Waals surface area (Å²) in [5.74, 6) is 0.783. The highest BCUT2D eigenvalue weighted by atomic mass is 79.9. The summed E-state index contributed by atoms with van der Waals surface area (Å²) in [6.07, 6.45) is 0. The van der Waals surface area contributed by atoms with Crippen LogP contribution in [0, 0.1) is 0 Å². The molecule has 2 aromatic carbocycles. The summed E-state index contributed by atoms with van der Waals surface area (Å²) >= 11 is 3.33. The van der Waals surface area contributed by atoms with Crippen molar-refractivity contribution in [3.63, 3.8) is 0 Å². The highest BCUT2D eigenvalue weighted by Crippen LogP contribution is 2.29. The fourth-order valence-corrected chi connectivity index (χ4v) is 1.89. The highest BCUT2D eigenvalue weighted by molar-refractivity contribution is 9.10. The van der Waals surface area contributed by atoms with Gasteiger partial charge in [0.15, 0.2) is 0 Å². The third kappa shape index (κ3) is 3.26. The summed E-state index contributed by atoms with van der Waals surface area (Å²) in [5, 5.41) is 0. The third-order valence-corrected chi connectivity index (χ3v) is 2.97. The van der Waals surface area contributed by atoms with Crippen molar-refractivity contribution >= 4 is 27.6 Å². The van der Waals surface area contributed by atoms with E-state index >= 15 is 0 Å². The maximum absolute atomic E-state index is 11.3. The van der Waals surface area contributed by atoms with Crippen LogP contribution < -0.4 is 10.5 Å². The van der Waals surface area contributed by atoms with Gasteiger partial charge in [-0.15, -0.1) is 0 Å². The van der Waals surface area contributed by atoms with E-state index in [0.717, 1.165) is 4.47 Å². The standard InChI is InChI=1S/C14H12BrNO3/c1-18-14(17)9-2-5-11(6-3-9)19-13-7-4-10(15)8-12(13)16/h2-8H,16H2,1H3. The third-order valence-electron chi connectivity index (χ3n) is 2.48. The highest BCUT2D eigenvalue weighted by Gasteiger charge is 2.06. The van der Waals surface area contributed by atoms with E-state index in [1.165, 1.54) is 7.11 Å². The van der Waals surface area contributed by atoms with E-state index in [-0.39, 0.29) is 5.97 Å². The van der Waals surface area contributed by atoms with Gasteiger partial charge >= 0.3 is 5.97 Å². The van der Waals surface area contributed by atoms with Crippen LogP contribution in [0.4, 0.5) is 5.69 Å². The predicted octanol–water partition coefficient (Wildman–Crippen LogP) is 3.61. The van der Waals surface area contributed by atoms with E-state index in [0.29, 0.717) is 22.7 Å². The molecule has 0 bridgehead atoms. The molecule has 0 unspecified atom stereocenters. The van der Waals surface area contributed by atoms with Gasteiger partial charge in [0.1, 0.15) is 11.5 Å². The lowest BCUT2D eigenvalue weighted by Gasteiger charge is -2.09. The molecule has 4 nitrogen and oxygen atoms in total. The number of benzene rings is 2. The Morgan fingerprint density at radius 2 is 1.84 bits per heavy atom. The van der Waals surface area contributed by atoms with Crippen LogP contribution >= 0.6 is 15.9 Å². The van der Waals surface area contributed by atoms with Gasteiger partial charge in [0, 0.05) is 4.47 Å². The number of carbonyl (C=O) groups is 1. The van der Waals surface area contributed by atoms with Crippen molar-refractivity contribution in [3.05, 3.63) is 52.5 Å². The van der Waals surface area contributed by atoms with Crippen LogP contribution in [-0.4, -0.2) is 13.1 Å². The lowest BCUT2D eigenvalue weighted by atomic mass is 10.2. The van der Waals surface area contributed by atoms with E-state index in [2.05, 4.69) is 20.7 Å². The molecule has 0 aliphatic rings. The average Bonchev–Trinajstić information content (AvgIpc) is 2.42. The Kier molecular flexibility index (Phi) is 4.06. The molecule has 0 amide bonds. The van der Waals surface area contributed by atoms with E-state index in [9.17, 15) is 4.79 Å². The first kappa shape index (κ1) is 13.4. The van der Waals surface area contributed by atoms with E-state index in [4.69, 9.17) is 10.5 Å². The SMILES string of the molecule is COC(=O)c1ccc(Oc2ccc(Br)cc2N)cc1. The van der Waals surface area contributed by atoms with Crippen molar-refractivity contribution in [2.45, 2.75) is 0 Å². The summed E-state index contributed by atoms with van der Waals surface area (Å²) in [5.41, 5.74) is 6.84. The molecule has 98 valence electrons. The lowest BCUT2D eigenvalue weighted by Crippen LogP contribution is -2.00. The molecule has 0 saturated carbocycles. The second-order valence-electron chi connectivity index (χ2n) is 3.80. The van der Waals surface area contributed by atoms with Gasteiger partial charge in [0.05, 0.1) is 18.4 Å². The number of esters is 1. The van der Waals surface area contributed by atoms with E-state index in [1.807, 2.05) is 6.07 Å². The van der Waals surface area contributed by atoms with Gasteiger partial charge < -0.3 is 15.2 Å².